The monoisotopic (exact) mass is 460 g/mol. The number of anilines is 1. The predicted molar refractivity (Wildman–Crippen MR) is 112 cm³/mol. The number of rotatable bonds is 5. The first-order valence-electron chi connectivity index (χ1n) is 9.24. The maximum absolute atomic E-state index is 13.8. The van der Waals surface area contributed by atoms with Crippen molar-refractivity contribution in [1.29, 1.82) is 0 Å². The zero-order valence-electron chi connectivity index (χ0n) is 15.8. The zero-order valence-corrected chi connectivity index (χ0v) is 17.4. The lowest BCUT2D eigenvalue weighted by Crippen LogP contribution is -2.24. The molecule has 150 valence electrons. The molecule has 1 aliphatic heterocycles. The van der Waals surface area contributed by atoms with Gasteiger partial charge in [0.25, 0.3) is 5.56 Å². The van der Waals surface area contributed by atoms with Gasteiger partial charge in [-0.2, -0.15) is 0 Å². The number of aromatic nitrogens is 1. The molecule has 0 amide bonds. The van der Waals surface area contributed by atoms with Crippen molar-refractivity contribution < 1.29 is 13.5 Å². The van der Waals surface area contributed by atoms with Gasteiger partial charge in [0.2, 0.25) is 0 Å². The molecule has 0 aliphatic carbocycles. The van der Waals surface area contributed by atoms with E-state index in [0.29, 0.717) is 12.3 Å². The number of benzene rings is 2. The van der Waals surface area contributed by atoms with E-state index >= 15 is 0 Å². The number of hydrogen-bond acceptors (Lipinski definition) is 3. The highest BCUT2D eigenvalue weighted by Gasteiger charge is 2.15. The van der Waals surface area contributed by atoms with E-state index in [4.69, 9.17) is 4.74 Å². The van der Waals surface area contributed by atoms with Crippen LogP contribution in [0.5, 0.6) is 5.75 Å². The van der Waals surface area contributed by atoms with Gasteiger partial charge in [0.1, 0.15) is 28.5 Å². The third-order valence-electron chi connectivity index (χ3n) is 5.03. The summed E-state index contributed by atoms with van der Waals surface area (Å²) in [6.45, 7) is 3.10. The maximum Gasteiger partial charge on any atom is 0.269 e. The highest BCUT2D eigenvalue weighted by atomic mass is 79.9. The number of aryl methyl sites for hydroxylation is 1. The molecule has 0 radical (unpaired) electrons. The fourth-order valence-corrected chi connectivity index (χ4v) is 3.89. The summed E-state index contributed by atoms with van der Waals surface area (Å²) < 4.78 is 34.4. The van der Waals surface area contributed by atoms with Crippen LogP contribution in [0.4, 0.5) is 14.5 Å². The highest BCUT2D eigenvalue weighted by molar-refractivity contribution is 9.10. The molecule has 1 N–H and O–H groups in total. The summed E-state index contributed by atoms with van der Waals surface area (Å²) in [7, 11) is 0. The number of hydrogen-bond donors (Lipinski definition) is 1. The molecule has 0 fully saturated rings. The second kappa shape index (κ2) is 7.99. The van der Waals surface area contributed by atoms with Crippen molar-refractivity contribution in [2.24, 2.45) is 0 Å². The van der Waals surface area contributed by atoms with E-state index in [1.807, 2.05) is 19.1 Å². The SMILES string of the molecule is Cc1cc(OCc2ccc(F)cc2F)c(Br)c(=O)n1Cc1ccc2c(c1)CCN2. The fourth-order valence-electron chi connectivity index (χ4n) is 3.45. The molecular weight excluding hydrogens is 442 g/mol. The van der Waals surface area contributed by atoms with Crippen LogP contribution < -0.4 is 15.6 Å². The Labute approximate surface area is 175 Å². The predicted octanol–water partition coefficient (Wildman–Crippen LogP) is 4.79. The van der Waals surface area contributed by atoms with Crippen LogP contribution >= 0.6 is 15.9 Å². The van der Waals surface area contributed by atoms with Gasteiger partial charge in [-0.3, -0.25) is 4.79 Å². The molecule has 0 bridgehead atoms. The molecule has 0 unspecified atom stereocenters. The number of ether oxygens (including phenoxy) is 1. The third kappa shape index (κ3) is 4.05. The van der Waals surface area contributed by atoms with Crippen LogP contribution in [-0.4, -0.2) is 11.1 Å². The Morgan fingerprint density at radius 2 is 2.00 bits per heavy atom. The molecule has 0 saturated carbocycles. The minimum Gasteiger partial charge on any atom is -0.487 e. The molecule has 0 spiro atoms. The maximum atomic E-state index is 13.8. The van der Waals surface area contributed by atoms with Crippen molar-refractivity contribution >= 4 is 21.6 Å². The average molecular weight is 461 g/mol. The van der Waals surface area contributed by atoms with Gasteiger partial charge in [-0.1, -0.05) is 12.1 Å². The van der Waals surface area contributed by atoms with Gasteiger partial charge in [-0.15, -0.1) is 0 Å². The first-order valence-corrected chi connectivity index (χ1v) is 10.0. The Morgan fingerprint density at radius 1 is 1.17 bits per heavy atom. The van der Waals surface area contributed by atoms with Gasteiger partial charge in [0.05, 0.1) is 6.54 Å². The quantitative estimate of drug-likeness (QED) is 0.594. The normalized spacial score (nSPS) is 12.6. The first kappa shape index (κ1) is 19.6. The first-order chi connectivity index (χ1) is 13.9. The highest BCUT2D eigenvalue weighted by Crippen LogP contribution is 2.26. The minimum atomic E-state index is -0.683. The van der Waals surface area contributed by atoms with E-state index in [0.717, 1.165) is 36.0 Å². The second-order valence-corrected chi connectivity index (χ2v) is 7.84. The van der Waals surface area contributed by atoms with Crippen molar-refractivity contribution in [2.75, 3.05) is 11.9 Å². The van der Waals surface area contributed by atoms with Gasteiger partial charge < -0.3 is 14.6 Å². The Hall–Kier alpha value is -2.67. The van der Waals surface area contributed by atoms with Crippen molar-refractivity contribution in [1.82, 2.24) is 4.57 Å². The molecule has 2 heterocycles. The van der Waals surface area contributed by atoms with Crippen LogP contribution in [0.1, 0.15) is 22.4 Å². The lowest BCUT2D eigenvalue weighted by Gasteiger charge is -2.15. The number of pyridine rings is 1. The van der Waals surface area contributed by atoms with Gasteiger partial charge >= 0.3 is 0 Å². The molecular formula is C22H19BrF2N2O2. The van der Waals surface area contributed by atoms with Crippen LogP contribution in [-0.2, 0) is 19.6 Å². The van der Waals surface area contributed by atoms with Gasteiger partial charge in [0, 0.05) is 35.6 Å². The van der Waals surface area contributed by atoms with Gasteiger partial charge in [-0.25, -0.2) is 8.78 Å². The summed E-state index contributed by atoms with van der Waals surface area (Å²) in [4.78, 5) is 12.9. The number of nitrogens with zero attached hydrogens (tertiary/aromatic N) is 1. The Bertz CT molecular complexity index is 1140. The number of halogens is 3. The standard InChI is InChI=1S/C22H19BrF2N2O2/c1-13-8-20(29-12-16-3-4-17(24)10-18(16)25)21(23)22(28)27(13)11-14-2-5-19-15(9-14)6-7-26-19/h2-5,8-10,26H,6-7,11-12H2,1H3. The Morgan fingerprint density at radius 3 is 2.79 bits per heavy atom. The van der Waals surface area contributed by atoms with E-state index < -0.39 is 11.6 Å². The van der Waals surface area contributed by atoms with E-state index in [1.165, 1.54) is 17.7 Å². The summed E-state index contributed by atoms with van der Waals surface area (Å²) in [6, 6.07) is 11.2. The van der Waals surface area contributed by atoms with Crippen molar-refractivity contribution in [3.8, 4) is 5.75 Å². The van der Waals surface area contributed by atoms with Crippen LogP contribution in [0.15, 0.2) is 51.7 Å². The third-order valence-corrected chi connectivity index (χ3v) is 5.76. The fraction of sp³-hybridized carbons (Fsp3) is 0.227. The van der Waals surface area contributed by atoms with Crippen LogP contribution in [0.2, 0.25) is 0 Å². The smallest absolute Gasteiger partial charge is 0.269 e. The van der Waals surface area contributed by atoms with Crippen molar-refractivity contribution in [3.05, 3.63) is 91.3 Å². The zero-order chi connectivity index (χ0) is 20.5. The van der Waals surface area contributed by atoms with Crippen LogP contribution in [0, 0.1) is 18.6 Å². The molecule has 0 atom stereocenters. The molecule has 3 aromatic rings. The summed E-state index contributed by atoms with van der Waals surface area (Å²) in [5.41, 5.74) is 4.17. The summed E-state index contributed by atoms with van der Waals surface area (Å²) >= 11 is 3.31. The van der Waals surface area contributed by atoms with Crippen molar-refractivity contribution in [2.45, 2.75) is 26.5 Å². The lowest BCUT2D eigenvalue weighted by molar-refractivity contribution is 0.296. The average Bonchev–Trinajstić information content (AvgIpc) is 3.16. The molecule has 29 heavy (non-hydrogen) atoms. The number of fused-ring (bicyclic) bond motifs is 1. The molecule has 1 aliphatic rings. The molecule has 4 nitrogen and oxygen atoms in total. The topological polar surface area (TPSA) is 43.3 Å². The van der Waals surface area contributed by atoms with Crippen molar-refractivity contribution in [3.63, 3.8) is 0 Å². The largest absolute Gasteiger partial charge is 0.487 e. The molecule has 7 heteroatoms. The summed E-state index contributed by atoms with van der Waals surface area (Å²) in [5.74, 6) is -1.00. The van der Waals surface area contributed by atoms with E-state index in [-0.39, 0.29) is 22.2 Å². The molecule has 0 saturated heterocycles. The van der Waals surface area contributed by atoms with Gasteiger partial charge in [0.15, 0.2) is 0 Å². The minimum absolute atomic E-state index is 0.106. The molecule has 4 rings (SSSR count). The van der Waals surface area contributed by atoms with Gasteiger partial charge in [-0.05, 0) is 58.6 Å². The molecule has 2 aromatic carbocycles. The molecule has 1 aromatic heterocycles. The van der Waals surface area contributed by atoms with Crippen LogP contribution in [0.25, 0.3) is 0 Å². The number of nitrogens with one attached hydrogen (secondary N) is 1. The Kier molecular flexibility index (Phi) is 5.41. The van der Waals surface area contributed by atoms with Crippen LogP contribution in [0.3, 0.4) is 0 Å². The summed E-state index contributed by atoms with van der Waals surface area (Å²) in [5, 5.41) is 3.32. The van der Waals surface area contributed by atoms with E-state index in [2.05, 4.69) is 27.3 Å². The Balaban J connectivity index is 1.56. The van der Waals surface area contributed by atoms with E-state index in [1.54, 1.807) is 10.6 Å². The second-order valence-electron chi connectivity index (χ2n) is 7.05. The van der Waals surface area contributed by atoms with E-state index in [9.17, 15) is 13.6 Å². The lowest BCUT2D eigenvalue weighted by atomic mass is 10.1. The summed E-state index contributed by atoms with van der Waals surface area (Å²) in [6.07, 6.45) is 0.980.